The maximum Gasteiger partial charge on any atom is 0.216 e. The average Bonchev–Trinajstić information content (AvgIpc) is 2.43. The van der Waals surface area contributed by atoms with E-state index in [1.54, 1.807) is 12.1 Å². The molecular formula is C14H9NO4. The van der Waals surface area contributed by atoms with Crippen molar-refractivity contribution in [2.45, 2.75) is 0 Å². The minimum atomic E-state index is -0.373. The van der Waals surface area contributed by atoms with Gasteiger partial charge in [0.25, 0.3) is 0 Å². The van der Waals surface area contributed by atoms with Gasteiger partial charge in [-0.1, -0.05) is 0 Å². The molecule has 0 atom stereocenters. The highest BCUT2D eigenvalue weighted by Crippen LogP contribution is 2.35. The zero-order chi connectivity index (χ0) is 13.6. The average molecular weight is 255 g/mol. The lowest BCUT2D eigenvalue weighted by Gasteiger charge is -2.18. The number of ether oxygens (including phenoxy) is 1. The van der Waals surface area contributed by atoms with Gasteiger partial charge in [-0.3, -0.25) is 14.6 Å². The molecule has 5 heteroatoms. The van der Waals surface area contributed by atoms with Crippen molar-refractivity contribution in [1.29, 1.82) is 0 Å². The Labute approximate surface area is 108 Å². The molecule has 0 unspecified atom stereocenters. The molecule has 0 fully saturated rings. The zero-order valence-electron chi connectivity index (χ0n) is 10.0. The molecule has 5 nitrogen and oxygen atoms in total. The Morgan fingerprint density at radius 2 is 1.95 bits per heavy atom. The van der Waals surface area contributed by atoms with Crippen LogP contribution in [-0.4, -0.2) is 28.8 Å². The van der Waals surface area contributed by atoms with E-state index in [9.17, 15) is 14.7 Å². The van der Waals surface area contributed by atoms with Gasteiger partial charge < -0.3 is 9.84 Å². The van der Waals surface area contributed by atoms with Crippen LogP contribution in [0.15, 0.2) is 30.5 Å². The molecule has 0 bridgehead atoms. The molecule has 0 saturated carbocycles. The molecule has 0 spiro atoms. The summed E-state index contributed by atoms with van der Waals surface area (Å²) in [6.07, 6.45) is 1.46. The van der Waals surface area contributed by atoms with Gasteiger partial charge in [0, 0.05) is 17.8 Å². The number of methoxy groups -OCH3 is 1. The lowest BCUT2D eigenvalue weighted by Crippen LogP contribution is -2.22. The summed E-state index contributed by atoms with van der Waals surface area (Å²) in [5, 5.41) is 9.59. The van der Waals surface area contributed by atoms with E-state index >= 15 is 0 Å². The van der Waals surface area contributed by atoms with Crippen LogP contribution in [0, 0.1) is 0 Å². The highest BCUT2D eigenvalue weighted by atomic mass is 16.5. The quantitative estimate of drug-likeness (QED) is 0.714. The van der Waals surface area contributed by atoms with Crippen molar-refractivity contribution < 1.29 is 19.4 Å². The summed E-state index contributed by atoms with van der Waals surface area (Å²) in [6, 6.07) is 5.71. The third kappa shape index (κ3) is 1.52. The molecule has 94 valence electrons. The Kier molecular flexibility index (Phi) is 2.35. The van der Waals surface area contributed by atoms with Crippen LogP contribution in [0.4, 0.5) is 0 Å². The summed E-state index contributed by atoms with van der Waals surface area (Å²) in [5.74, 6) is -0.664. The Bertz CT molecular complexity index is 721. The fourth-order valence-corrected chi connectivity index (χ4v) is 2.21. The molecule has 0 radical (unpaired) electrons. The summed E-state index contributed by atoms with van der Waals surface area (Å²) in [6.45, 7) is 0. The topological polar surface area (TPSA) is 76.5 Å². The van der Waals surface area contributed by atoms with Gasteiger partial charge in [-0.25, -0.2) is 0 Å². The number of phenols is 1. The van der Waals surface area contributed by atoms with E-state index in [1.165, 1.54) is 25.4 Å². The predicted molar refractivity (Wildman–Crippen MR) is 65.8 cm³/mol. The molecule has 2 aromatic rings. The molecule has 0 aliphatic heterocycles. The number of rotatable bonds is 1. The van der Waals surface area contributed by atoms with Crippen molar-refractivity contribution in [3.63, 3.8) is 0 Å². The predicted octanol–water partition coefficient (Wildman–Crippen LogP) is 1.57. The first-order valence-corrected chi connectivity index (χ1v) is 5.59. The smallest absolute Gasteiger partial charge is 0.216 e. The number of aromatic nitrogens is 1. The van der Waals surface area contributed by atoms with Crippen LogP contribution in [0.25, 0.3) is 0 Å². The Morgan fingerprint density at radius 1 is 1.16 bits per heavy atom. The molecule has 1 heterocycles. The van der Waals surface area contributed by atoms with Gasteiger partial charge in [0.05, 0.1) is 18.2 Å². The number of carbonyl (C=O) groups is 2. The fourth-order valence-electron chi connectivity index (χ4n) is 2.21. The monoisotopic (exact) mass is 255 g/mol. The first-order chi connectivity index (χ1) is 9.13. The van der Waals surface area contributed by atoms with Crippen LogP contribution in [0.2, 0.25) is 0 Å². The Balaban J connectivity index is 2.36. The molecule has 0 amide bonds. The van der Waals surface area contributed by atoms with Gasteiger partial charge in [-0.05, 0) is 18.2 Å². The number of phenolic OH excluding ortho intramolecular Hbond substituents is 1. The third-order valence-corrected chi connectivity index (χ3v) is 3.05. The molecular weight excluding hydrogens is 246 g/mol. The molecule has 1 aromatic carbocycles. The highest BCUT2D eigenvalue weighted by molar-refractivity contribution is 6.28. The van der Waals surface area contributed by atoms with Crippen LogP contribution < -0.4 is 4.74 Å². The summed E-state index contributed by atoms with van der Waals surface area (Å²) >= 11 is 0. The number of fused-ring (bicyclic) bond motifs is 2. The number of pyridine rings is 1. The first kappa shape index (κ1) is 11.4. The highest BCUT2D eigenvalue weighted by Gasteiger charge is 2.33. The first-order valence-electron chi connectivity index (χ1n) is 5.59. The lowest BCUT2D eigenvalue weighted by atomic mass is 9.86. The van der Waals surface area contributed by atoms with Crippen LogP contribution in [-0.2, 0) is 0 Å². The van der Waals surface area contributed by atoms with Crippen molar-refractivity contribution in [3.05, 3.63) is 52.8 Å². The van der Waals surface area contributed by atoms with Gasteiger partial charge in [0.15, 0.2) is 5.78 Å². The molecule has 3 rings (SSSR count). The van der Waals surface area contributed by atoms with E-state index in [2.05, 4.69) is 4.98 Å². The second-order valence-corrected chi connectivity index (χ2v) is 4.13. The Morgan fingerprint density at radius 3 is 2.68 bits per heavy atom. The van der Waals surface area contributed by atoms with Crippen LogP contribution in [0.1, 0.15) is 32.0 Å². The van der Waals surface area contributed by atoms with Crippen molar-refractivity contribution in [3.8, 4) is 11.5 Å². The molecule has 0 saturated heterocycles. The summed E-state index contributed by atoms with van der Waals surface area (Å²) < 4.78 is 5.07. The summed E-state index contributed by atoms with van der Waals surface area (Å²) in [4.78, 5) is 28.6. The number of nitrogens with zero attached hydrogens (tertiary/aromatic N) is 1. The van der Waals surface area contributed by atoms with Gasteiger partial charge in [0.1, 0.15) is 17.2 Å². The maximum atomic E-state index is 12.4. The van der Waals surface area contributed by atoms with E-state index in [-0.39, 0.29) is 45.4 Å². The number of hydrogen-bond donors (Lipinski definition) is 1. The van der Waals surface area contributed by atoms with Crippen LogP contribution >= 0.6 is 0 Å². The number of carbonyl (C=O) groups excluding carboxylic acids is 2. The van der Waals surface area contributed by atoms with E-state index in [1.807, 2.05) is 0 Å². The number of aromatic hydroxyl groups is 1. The summed E-state index contributed by atoms with van der Waals surface area (Å²) in [7, 11) is 1.38. The van der Waals surface area contributed by atoms with E-state index in [0.717, 1.165) is 0 Å². The second kappa shape index (κ2) is 3.91. The number of hydrogen-bond acceptors (Lipinski definition) is 5. The number of ketones is 2. The van der Waals surface area contributed by atoms with Crippen molar-refractivity contribution in [2.75, 3.05) is 7.11 Å². The lowest BCUT2D eigenvalue weighted by molar-refractivity contribution is 0.0972. The van der Waals surface area contributed by atoms with Gasteiger partial charge in [-0.2, -0.15) is 0 Å². The summed E-state index contributed by atoms with van der Waals surface area (Å²) in [5.41, 5.74) is 0.649. The van der Waals surface area contributed by atoms with E-state index in [0.29, 0.717) is 0 Å². The van der Waals surface area contributed by atoms with Crippen molar-refractivity contribution in [1.82, 2.24) is 4.98 Å². The minimum absolute atomic E-state index is 0.115. The van der Waals surface area contributed by atoms with Crippen molar-refractivity contribution >= 4 is 11.6 Å². The SMILES string of the molecule is COc1cc(O)cc2c1C(=O)c1ncccc1C2=O. The normalized spacial score (nSPS) is 12.9. The molecule has 1 aliphatic rings. The fraction of sp³-hybridized carbons (Fsp3) is 0.0714. The molecule has 1 aromatic heterocycles. The standard InChI is InChI=1S/C14H9NO4/c1-19-10-6-7(16)5-9-11(10)14(18)12-8(13(9)17)3-2-4-15-12/h2-6,16H,1H3. The zero-order valence-corrected chi connectivity index (χ0v) is 10.0. The largest absolute Gasteiger partial charge is 0.508 e. The van der Waals surface area contributed by atoms with Gasteiger partial charge in [-0.15, -0.1) is 0 Å². The third-order valence-electron chi connectivity index (χ3n) is 3.05. The van der Waals surface area contributed by atoms with Crippen LogP contribution in [0.3, 0.4) is 0 Å². The van der Waals surface area contributed by atoms with Gasteiger partial charge in [0.2, 0.25) is 5.78 Å². The molecule has 19 heavy (non-hydrogen) atoms. The van der Waals surface area contributed by atoms with E-state index < -0.39 is 0 Å². The maximum absolute atomic E-state index is 12.4. The molecule has 1 aliphatic carbocycles. The number of benzene rings is 1. The van der Waals surface area contributed by atoms with E-state index in [4.69, 9.17) is 4.74 Å². The van der Waals surface area contributed by atoms with Crippen molar-refractivity contribution in [2.24, 2.45) is 0 Å². The molecule has 1 N–H and O–H groups in total. The second-order valence-electron chi connectivity index (χ2n) is 4.13. The van der Waals surface area contributed by atoms with Crippen LogP contribution in [0.5, 0.6) is 11.5 Å². The van der Waals surface area contributed by atoms with Gasteiger partial charge >= 0.3 is 0 Å². The Hall–Kier alpha value is -2.69. The minimum Gasteiger partial charge on any atom is -0.508 e.